The Morgan fingerprint density at radius 3 is 2.57 bits per heavy atom. The van der Waals surface area contributed by atoms with E-state index in [0.29, 0.717) is 23.7 Å². The van der Waals surface area contributed by atoms with Crippen LogP contribution in [-0.2, 0) is 21.9 Å². The molecule has 1 heterocycles. The van der Waals surface area contributed by atoms with Gasteiger partial charge in [0.05, 0.1) is 0 Å². The molecule has 0 aliphatic heterocycles. The van der Waals surface area contributed by atoms with Crippen molar-refractivity contribution < 1.29 is 13.2 Å². The van der Waals surface area contributed by atoms with Crippen molar-refractivity contribution in [3.05, 3.63) is 6.20 Å². The molecular formula is C13H18N4O3S. The molecule has 21 heavy (non-hydrogen) atoms. The maximum Gasteiger partial charge on any atom is 0.243 e. The van der Waals surface area contributed by atoms with Crippen LogP contribution in [0.25, 0.3) is 0 Å². The van der Waals surface area contributed by atoms with E-state index < -0.39 is 10.0 Å². The van der Waals surface area contributed by atoms with Crippen LogP contribution in [0.1, 0.15) is 19.3 Å². The highest BCUT2D eigenvalue weighted by Crippen LogP contribution is 2.69. The molecule has 4 rings (SSSR count). The van der Waals surface area contributed by atoms with Crippen LogP contribution in [0, 0.1) is 29.6 Å². The third kappa shape index (κ3) is 1.92. The lowest BCUT2D eigenvalue weighted by Crippen LogP contribution is -2.21. The van der Waals surface area contributed by atoms with Gasteiger partial charge >= 0.3 is 0 Å². The van der Waals surface area contributed by atoms with E-state index in [1.807, 2.05) is 0 Å². The number of carbonyl (C=O) groups is 1. The van der Waals surface area contributed by atoms with E-state index in [1.54, 1.807) is 7.05 Å². The minimum absolute atomic E-state index is 0.0339. The molecule has 3 N–H and O–H groups in total. The first-order chi connectivity index (χ1) is 9.86. The molecule has 0 spiro atoms. The maximum absolute atomic E-state index is 12.4. The predicted molar refractivity (Wildman–Crippen MR) is 74.5 cm³/mol. The summed E-state index contributed by atoms with van der Waals surface area (Å²) in [5.41, 5.74) is 0. The first kappa shape index (κ1) is 13.3. The maximum atomic E-state index is 12.4. The summed E-state index contributed by atoms with van der Waals surface area (Å²) < 4.78 is 24.4. The Morgan fingerprint density at radius 2 is 2.00 bits per heavy atom. The number of nitrogens with zero attached hydrogens (tertiary/aromatic N) is 2. The first-order valence-corrected chi connectivity index (χ1v) is 8.78. The number of primary sulfonamides is 1. The largest absolute Gasteiger partial charge is 0.308 e. The number of hydrogen-bond donors (Lipinski definition) is 2. The van der Waals surface area contributed by atoms with Crippen molar-refractivity contribution in [3.63, 3.8) is 0 Å². The van der Waals surface area contributed by atoms with Crippen molar-refractivity contribution in [1.82, 2.24) is 9.78 Å². The number of rotatable bonds is 3. The van der Waals surface area contributed by atoms with Crippen LogP contribution in [0.4, 0.5) is 5.82 Å². The SMILES string of the molecule is Cn1cc(S(N)(=O)=O)c(NC(=O)C2C3C4CCC(C4)C23)n1. The molecule has 3 fully saturated rings. The lowest BCUT2D eigenvalue weighted by molar-refractivity contribution is -0.118. The fraction of sp³-hybridized carbons (Fsp3) is 0.692. The number of carbonyl (C=O) groups excluding carboxylic acids is 1. The number of amides is 1. The zero-order chi connectivity index (χ0) is 14.9. The standard InChI is InChI=1S/C13H18N4O3S/c1-17-5-8(21(14,19)20)12(16-17)15-13(18)11-9-6-2-3-7(4-6)10(9)11/h5-7,9-11H,2-4H2,1H3,(H2,14,19,20)(H,15,16,18). The Morgan fingerprint density at radius 1 is 1.38 bits per heavy atom. The lowest BCUT2D eigenvalue weighted by Gasteiger charge is -2.08. The average molecular weight is 310 g/mol. The van der Waals surface area contributed by atoms with Crippen molar-refractivity contribution in [2.45, 2.75) is 24.2 Å². The van der Waals surface area contributed by atoms with Crippen molar-refractivity contribution in [2.24, 2.45) is 41.8 Å². The Labute approximate surface area is 122 Å². The molecule has 4 atom stereocenters. The van der Waals surface area contributed by atoms with Gasteiger partial charge in [0.25, 0.3) is 0 Å². The summed E-state index contributed by atoms with van der Waals surface area (Å²) in [6.45, 7) is 0. The normalized spacial score (nSPS) is 36.6. The minimum Gasteiger partial charge on any atom is -0.308 e. The first-order valence-electron chi connectivity index (χ1n) is 7.23. The summed E-state index contributed by atoms with van der Waals surface area (Å²) in [5, 5.41) is 11.8. The second kappa shape index (κ2) is 4.07. The molecule has 1 aromatic heterocycles. The average Bonchev–Trinajstić information content (AvgIpc) is 2.71. The third-order valence-corrected chi connectivity index (χ3v) is 6.29. The van der Waals surface area contributed by atoms with Gasteiger partial charge in [0, 0.05) is 19.2 Å². The Balaban J connectivity index is 1.54. The number of nitrogens with two attached hydrogens (primary N) is 1. The number of aromatic nitrogens is 2. The second-order valence-electron chi connectivity index (χ2n) is 6.56. The third-order valence-electron chi connectivity index (χ3n) is 5.38. The summed E-state index contributed by atoms with van der Waals surface area (Å²) in [5.74, 6) is 2.37. The molecule has 2 bridgehead atoms. The van der Waals surface area contributed by atoms with E-state index >= 15 is 0 Å². The zero-order valence-corrected chi connectivity index (χ0v) is 12.5. The summed E-state index contributed by atoms with van der Waals surface area (Å²) in [4.78, 5) is 12.3. The Kier molecular flexibility index (Phi) is 2.57. The topological polar surface area (TPSA) is 107 Å². The number of hydrogen-bond acceptors (Lipinski definition) is 4. The summed E-state index contributed by atoms with van der Waals surface area (Å²) in [6.07, 6.45) is 5.05. The highest BCUT2D eigenvalue weighted by molar-refractivity contribution is 7.89. The second-order valence-corrected chi connectivity index (χ2v) is 8.09. The van der Waals surface area contributed by atoms with E-state index in [4.69, 9.17) is 5.14 Å². The van der Waals surface area contributed by atoms with Gasteiger partial charge in [-0.15, -0.1) is 0 Å². The van der Waals surface area contributed by atoms with Crippen LogP contribution < -0.4 is 10.5 Å². The molecule has 8 heteroatoms. The molecule has 7 nitrogen and oxygen atoms in total. The van der Waals surface area contributed by atoms with Crippen molar-refractivity contribution in [2.75, 3.05) is 5.32 Å². The fourth-order valence-electron chi connectivity index (χ4n) is 4.64. The summed E-state index contributed by atoms with van der Waals surface area (Å²) >= 11 is 0. The van der Waals surface area contributed by atoms with Gasteiger partial charge in [0.1, 0.15) is 4.90 Å². The number of nitrogens with one attached hydrogen (secondary N) is 1. The van der Waals surface area contributed by atoms with E-state index in [2.05, 4.69) is 10.4 Å². The highest BCUT2D eigenvalue weighted by Gasteiger charge is 2.67. The van der Waals surface area contributed by atoms with Gasteiger partial charge in [0.15, 0.2) is 5.82 Å². The van der Waals surface area contributed by atoms with Crippen molar-refractivity contribution in [1.29, 1.82) is 0 Å². The minimum atomic E-state index is -3.89. The highest BCUT2D eigenvalue weighted by atomic mass is 32.2. The van der Waals surface area contributed by atoms with Gasteiger partial charge < -0.3 is 5.32 Å². The number of aryl methyl sites for hydroxylation is 1. The molecule has 3 saturated carbocycles. The summed E-state index contributed by atoms with van der Waals surface area (Å²) in [6, 6.07) is 0. The van der Waals surface area contributed by atoms with Crippen LogP contribution in [0.15, 0.2) is 11.1 Å². The fourth-order valence-corrected chi connectivity index (χ4v) is 5.30. The van der Waals surface area contributed by atoms with E-state index in [9.17, 15) is 13.2 Å². The molecule has 3 aliphatic carbocycles. The van der Waals surface area contributed by atoms with Gasteiger partial charge in [-0.3, -0.25) is 9.48 Å². The van der Waals surface area contributed by atoms with Crippen LogP contribution in [0.2, 0.25) is 0 Å². The number of anilines is 1. The molecule has 0 radical (unpaired) electrons. The molecule has 0 aromatic carbocycles. The van der Waals surface area contributed by atoms with E-state index in [-0.39, 0.29) is 22.5 Å². The molecule has 1 amide bonds. The van der Waals surface area contributed by atoms with Gasteiger partial charge in [-0.25, -0.2) is 13.6 Å². The van der Waals surface area contributed by atoms with Crippen LogP contribution >= 0.6 is 0 Å². The lowest BCUT2D eigenvalue weighted by atomic mass is 10.0. The molecule has 4 unspecified atom stereocenters. The van der Waals surface area contributed by atoms with Gasteiger partial charge in [-0.05, 0) is 42.9 Å². The predicted octanol–water partition coefficient (Wildman–Crippen LogP) is 0.298. The molecule has 3 aliphatic rings. The van der Waals surface area contributed by atoms with Crippen LogP contribution in [-0.4, -0.2) is 24.1 Å². The molecule has 0 saturated heterocycles. The molecular weight excluding hydrogens is 292 g/mol. The Bertz CT molecular complexity index is 710. The van der Waals surface area contributed by atoms with Crippen molar-refractivity contribution in [3.8, 4) is 0 Å². The summed E-state index contributed by atoms with van der Waals surface area (Å²) in [7, 11) is -2.30. The van der Waals surface area contributed by atoms with Gasteiger partial charge in [0.2, 0.25) is 15.9 Å². The van der Waals surface area contributed by atoms with E-state index in [1.165, 1.54) is 30.1 Å². The molecule has 1 aromatic rings. The van der Waals surface area contributed by atoms with E-state index in [0.717, 1.165) is 0 Å². The smallest absolute Gasteiger partial charge is 0.243 e. The molecule has 114 valence electrons. The van der Waals surface area contributed by atoms with Crippen molar-refractivity contribution >= 4 is 21.7 Å². The van der Waals surface area contributed by atoms with Crippen LogP contribution in [0.5, 0.6) is 0 Å². The van der Waals surface area contributed by atoms with Gasteiger partial charge in [-0.2, -0.15) is 5.10 Å². The monoisotopic (exact) mass is 310 g/mol. The Hall–Kier alpha value is -1.41. The number of sulfonamides is 1. The quantitative estimate of drug-likeness (QED) is 0.837. The zero-order valence-electron chi connectivity index (χ0n) is 11.7. The number of fused-ring (bicyclic) bond motifs is 5. The van der Waals surface area contributed by atoms with Gasteiger partial charge in [-0.1, -0.05) is 0 Å². The van der Waals surface area contributed by atoms with Crippen LogP contribution in [0.3, 0.4) is 0 Å².